The number of halogens is 3. The molecular formula is C16H11Br2FN2O2. The van der Waals surface area contributed by atoms with Crippen LogP contribution in [0.2, 0.25) is 0 Å². The van der Waals surface area contributed by atoms with Crippen molar-refractivity contribution in [2.75, 3.05) is 0 Å². The van der Waals surface area contributed by atoms with Gasteiger partial charge in [-0.15, -0.1) is 0 Å². The molecule has 0 aliphatic heterocycles. The van der Waals surface area contributed by atoms with Crippen LogP contribution in [0.3, 0.4) is 0 Å². The van der Waals surface area contributed by atoms with Gasteiger partial charge in [0.1, 0.15) is 11.6 Å². The van der Waals surface area contributed by atoms with Gasteiger partial charge in [-0.25, -0.2) is 8.91 Å². The molecule has 0 amide bonds. The summed E-state index contributed by atoms with van der Waals surface area (Å²) in [6.07, 6.45) is 1.79. The molecule has 23 heavy (non-hydrogen) atoms. The van der Waals surface area contributed by atoms with Gasteiger partial charge in [0.05, 0.1) is 31.9 Å². The first-order valence-electron chi connectivity index (χ1n) is 6.81. The van der Waals surface area contributed by atoms with Gasteiger partial charge < -0.3 is 5.11 Å². The Balaban J connectivity index is 2.21. The van der Waals surface area contributed by atoms with E-state index in [1.54, 1.807) is 18.2 Å². The monoisotopic (exact) mass is 440 g/mol. The second-order valence-electron chi connectivity index (χ2n) is 4.97. The summed E-state index contributed by atoms with van der Waals surface area (Å²) >= 11 is 6.44. The lowest BCUT2D eigenvalue weighted by Crippen LogP contribution is -2.04. The van der Waals surface area contributed by atoms with Crippen LogP contribution in [0.5, 0.6) is 5.75 Å². The number of hydrogen-bond donors (Lipinski definition) is 1. The summed E-state index contributed by atoms with van der Waals surface area (Å²) in [5, 5.41) is 14.1. The Morgan fingerprint density at radius 2 is 1.96 bits per heavy atom. The molecule has 3 rings (SSSR count). The third-order valence-corrected chi connectivity index (χ3v) is 4.72. The smallest absolute Gasteiger partial charge is 0.197 e. The first-order valence-corrected chi connectivity index (χ1v) is 8.40. The van der Waals surface area contributed by atoms with Crippen molar-refractivity contribution < 1.29 is 14.3 Å². The van der Waals surface area contributed by atoms with Crippen molar-refractivity contribution in [3.8, 4) is 5.75 Å². The highest BCUT2D eigenvalue weighted by Gasteiger charge is 2.22. The van der Waals surface area contributed by atoms with Gasteiger partial charge in [-0.3, -0.25) is 4.79 Å². The fraction of sp³-hybridized carbons (Fsp3) is 0.125. The minimum Gasteiger partial charge on any atom is -0.506 e. The number of aromatic nitrogens is 2. The van der Waals surface area contributed by atoms with Crippen LogP contribution in [0.4, 0.5) is 4.39 Å². The van der Waals surface area contributed by atoms with Gasteiger partial charge in [-0.05, 0) is 62.5 Å². The Morgan fingerprint density at radius 3 is 2.57 bits per heavy atom. The first kappa shape index (κ1) is 16.1. The molecule has 0 unspecified atom stereocenters. The summed E-state index contributed by atoms with van der Waals surface area (Å²) in [7, 11) is 0. The van der Waals surface area contributed by atoms with Gasteiger partial charge in [0.15, 0.2) is 5.78 Å². The SMILES string of the molecule is CCc1nn2cc(F)ccc2c1C(=O)c1cc(Br)c(O)c(Br)c1. The molecule has 0 saturated heterocycles. The molecule has 1 N–H and O–H groups in total. The number of phenols is 1. The summed E-state index contributed by atoms with van der Waals surface area (Å²) in [6, 6.07) is 5.94. The largest absolute Gasteiger partial charge is 0.506 e. The predicted octanol–water partition coefficient (Wildman–Crippen LogP) is 4.50. The van der Waals surface area contributed by atoms with Crippen LogP contribution in [-0.4, -0.2) is 20.5 Å². The number of benzene rings is 1. The second kappa shape index (κ2) is 6.05. The van der Waals surface area contributed by atoms with E-state index in [-0.39, 0.29) is 11.5 Å². The van der Waals surface area contributed by atoms with Crippen LogP contribution in [0, 0.1) is 5.82 Å². The zero-order valence-corrected chi connectivity index (χ0v) is 15.1. The quantitative estimate of drug-likeness (QED) is 0.609. The van der Waals surface area contributed by atoms with Gasteiger partial charge in [-0.1, -0.05) is 6.92 Å². The van der Waals surface area contributed by atoms with Crippen LogP contribution in [-0.2, 0) is 6.42 Å². The maximum atomic E-state index is 13.4. The molecule has 0 bridgehead atoms. The number of ketones is 1. The lowest BCUT2D eigenvalue weighted by atomic mass is 10.0. The summed E-state index contributed by atoms with van der Waals surface area (Å²) < 4.78 is 15.6. The van der Waals surface area contributed by atoms with E-state index in [4.69, 9.17) is 0 Å². The normalized spacial score (nSPS) is 11.1. The fourth-order valence-electron chi connectivity index (χ4n) is 2.41. The highest BCUT2D eigenvalue weighted by atomic mass is 79.9. The van der Waals surface area contributed by atoms with E-state index in [1.807, 2.05) is 6.92 Å². The van der Waals surface area contributed by atoms with E-state index >= 15 is 0 Å². The predicted molar refractivity (Wildman–Crippen MR) is 91.5 cm³/mol. The molecule has 3 aromatic rings. The average Bonchev–Trinajstić information content (AvgIpc) is 2.88. The van der Waals surface area contributed by atoms with Crippen LogP contribution < -0.4 is 0 Å². The fourth-order valence-corrected chi connectivity index (χ4v) is 3.60. The zero-order chi connectivity index (χ0) is 16.7. The van der Waals surface area contributed by atoms with Crippen molar-refractivity contribution in [2.24, 2.45) is 0 Å². The minimum atomic E-state index is -0.420. The Bertz CT molecular complexity index is 914. The maximum absolute atomic E-state index is 13.4. The molecule has 0 radical (unpaired) electrons. The molecule has 0 atom stereocenters. The van der Waals surface area contributed by atoms with E-state index in [0.717, 1.165) is 0 Å². The van der Waals surface area contributed by atoms with Crippen molar-refractivity contribution >= 4 is 43.2 Å². The van der Waals surface area contributed by atoms with E-state index < -0.39 is 5.82 Å². The van der Waals surface area contributed by atoms with E-state index in [2.05, 4.69) is 37.0 Å². The number of nitrogens with zero attached hydrogens (tertiary/aromatic N) is 2. The van der Waals surface area contributed by atoms with Crippen molar-refractivity contribution in [1.29, 1.82) is 0 Å². The molecule has 118 valence electrons. The molecular weight excluding hydrogens is 431 g/mol. The summed E-state index contributed by atoms with van der Waals surface area (Å²) in [5.74, 6) is -0.624. The van der Waals surface area contributed by atoms with Crippen LogP contribution >= 0.6 is 31.9 Å². The van der Waals surface area contributed by atoms with Crippen molar-refractivity contribution in [3.05, 3.63) is 62.0 Å². The summed E-state index contributed by atoms with van der Waals surface area (Å²) in [4.78, 5) is 12.9. The third kappa shape index (κ3) is 2.79. The molecule has 0 spiro atoms. The number of hydrogen-bond acceptors (Lipinski definition) is 3. The zero-order valence-electron chi connectivity index (χ0n) is 12.0. The van der Waals surface area contributed by atoms with Gasteiger partial charge in [0, 0.05) is 5.56 Å². The highest BCUT2D eigenvalue weighted by Crippen LogP contribution is 2.34. The van der Waals surface area contributed by atoms with Gasteiger partial charge in [0.25, 0.3) is 0 Å². The number of carbonyl (C=O) groups excluding carboxylic acids is 1. The third-order valence-electron chi connectivity index (χ3n) is 3.51. The van der Waals surface area contributed by atoms with Crippen molar-refractivity contribution in [3.63, 3.8) is 0 Å². The van der Waals surface area contributed by atoms with Gasteiger partial charge >= 0.3 is 0 Å². The van der Waals surface area contributed by atoms with Gasteiger partial charge in [-0.2, -0.15) is 5.10 Å². The topological polar surface area (TPSA) is 54.6 Å². The van der Waals surface area contributed by atoms with Crippen molar-refractivity contribution in [1.82, 2.24) is 9.61 Å². The summed E-state index contributed by atoms with van der Waals surface area (Å²) in [5.41, 5.74) is 1.99. The van der Waals surface area contributed by atoms with E-state index in [9.17, 15) is 14.3 Å². The minimum absolute atomic E-state index is 0.0270. The van der Waals surface area contributed by atoms with Gasteiger partial charge in [0.2, 0.25) is 0 Å². The summed E-state index contributed by atoms with van der Waals surface area (Å²) in [6.45, 7) is 1.89. The first-order chi connectivity index (χ1) is 10.9. The second-order valence-corrected chi connectivity index (χ2v) is 6.68. The Kier molecular flexibility index (Phi) is 4.25. The maximum Gasteiger partial charge on any atom is 0.197 e. The average molecular weight is 442 g/mol. The molecule has 0 aliphatic carbocycles. The van der Waals surface area contributed by atoms with E-state index in [1.165, 1.54) is 16.8 Å². The molecule has 2 heterocycles. The molecule has 7 heteroatoms. The Labute approximate surface area is 148 Å². The molecule has 0 fully saturated rings. The highest BCUT2D eigenvalue weighted by molar-refractivity contribution is 9.11. The lowest BCUT2D eigenvalue weighted by Gasteiger charge is -2.06. The number of fused-ring (bicyclic) bond motifs is 1. The van der Waals surface area contributed by atoms with Crippen molar-refractivity contribution in [2.45, 2.75) is 13.3 Å². The number of aromatic hydroxyl groups is 1. The Hall–Kier alpha value is -1.73. The van der Waals surface area contributed by atoms with Crippen LogP contribution in [0.15, 0.2) is 39.4 Å². The number of aryl methyl sites for hydroxylation is 1. The molecule has 1 aromatic carbocycles. The standard InChI is InChI=1S/C16H11Br2FN2O2/c1-2-12-14(13-4-3-9(19)7-21(13)20-12)15(22)8-5-10(17)16(23)11(18)6-8/h3-7,23H,2H2,1H3. The molecule has 0 saturated carbocycles. The number of pyridine rings is 1. The molecule has 0 aliphatic rings. The van der Waals surface area contributed by atoms with E-state index in [0.29, 0.717) is 37.7 Å². The lowest BCUT2D eigenvalue weighted by molar-refractivity contribution is 0.103. The molecule has 4 nitrogen and oxygen atoms in total. The number of rotatable bonds is 3. The Morgan fingerprint density at radius 1 is 1.30 bits per heavy atom. The van der Waals surface area contributed by atoms with Crippen LogP contribution in [0.1, 0.15) is 28.5 Å². The number of carbonyl (C=O) groups is 1. The number of phenolic OH excluding ortho intramolecular Hbond substituents is 1. The van der Waals surface area contributed by atoms with Crippen LogP contribution in [0.25, 0.3) is 5.52 Å². The molecule has 2 aromatic heterocycles.